The summed E-state index contributed by atoms with van der Waals surface area (Å²) in [5.74, 6) is 0.635. The Bertz CT molecular complexity index is 443. The van der Waals surface area contributed by atoms with Crippen LogP contribution in [-0.4, -0.2) is 38.5 Å². The highest BCUT2D eigenvalue weighted by molar-refractivity contribution is 9.09. The molecule has 18 heavy (non-hydrogen) atoms. The molecule has 1 saturated heterocycles. The number of likely N-dealkylation sites (tertiary alicyclic amines) is 1. The van der Waals surface area contributed by atoms with E-state index in [2.05, 4.69) is 28.0 Å². The number of rotatable bonds is 2. The van der Waals surface area contributed by atoms with E-state index in [1.807, 2.05) is 25.1 Å². The number of hydrogen-bond donors (Lipinski definition) is 0. The van der Waals surface area contributed by atoms with Gasteiger partial charge in [-0.2, -0.15) is 5.10 Å². The topological polar surface area (TPSA) is 38.1 Å². The molecule has 5 heteroatoms. The number of aryl methyl sites for hydroxylation is 2. The van der Waals surface area contributed by atoms with Gasteiger partial charge < -0.3 is 4.90 Å². The summed E-state index contributed by atoms with van der Waals surface area (Å²) in [7, 11) is 1.86. The van der Waals surface area contributed by atoms with Crippen molar-refractivity contribution in [2.45, 2.75) is 31.5 Å². The Morgan fingerprint density at radius 2 is 2.33 bits per heavy atom. The Morgan fingerprint density at radius 1 is 1.61 bits per heavy atom. The van der Waals surface area contributed by atoms with Crippen LogP contribution in [0.5, 0.6) is 0 Å². The van der Waals surface area contributed by atoms with Crippen LogP contribution in [0, 0.1) is 5.92 Å². The van der Waals surface area contributed by atoms with Crippen molar-refractivity contribution in [3.05, 3.63) is 17.5 Å². The molecule has 1 aromatic heterocycles. The predicted molar refractivity (Wildman–Crippen MR) is 75.0 cm³/mol. The van der Waals surface area contributed by atoms with Crippen LogP contribution in [0.15, 0.2) is 6.20 Å². The van der Waals surface area contributed by atoms with Crippen molar-refractivity contribution in [1.29, 1.82) is 0 Å². The molecular formula is C13H20BrN3O. The minimum atomic E-state index is 0.131. The van der Waals surface area contributed by atoms with E-state index in [1.54, 1.807) is 4.68 Å². The molecule has 4 nitrogen and oxygen atoms in total. The third kappa shape index (κ3) is 2.60. The number of alkyl halides is 1. The van der Waals surface area contributed by atoms with Gasteiger partial charge >= 0.3 is 0 Å². The minimum Gasteiger partial charge on any atom is -0.338 e. The van der Waals surface area contributed by atoms with Crippen molar-refractivity contribution in [2.75, 3.05) is 13.1 Å². The van der Waals surface area contributed by atoms with Crippen LogP contribution in [0.3, 0.4) is 0 Å². The molecule has 0 radical (unpaired) electrons. The first kappa shape index (κ1) is 13.6. The molecular weight excluding hydrogens is 294 g/mol. The lowest BCUT2D eigenvalue weighted by atomic mass is 9.99. The van der Waals surface area contributed by atoms with Crippen LogP contribution < -0.4 is 0 Å². The van der Waals surface area contributed by atoms with Crippen molar-refractivity contribution in [3.63, 3.8) is 0 Å². The summed E-state index contributed by atoms with van der Waals surface area (Å²) >= 11 is 3.66. The molecule has 1 amide bonds. The second-order valence-electron chi connectivity index (χ2n) is 5.05. The minimum absolute atomic E-state index is 0.131. The second-order valence-corrected chi connectivity index (χ2v) is 6.23. The van der Waals surface area contributed by atoms with E-state index in [1.165, 1.54) is 0 Å². The summed E-state index contributed by atoms with van der Waals surface area (Å²) in [5, 5.41) is 4.34. The van der Waals surface area contributed by atoms with Gasteiger partial charge in [0.15, 0.2) is 0 Å². The molecule has 1 aromatic rings. The van der Waals surface area contributed by atoms with Gasteiger partial charge in [-0.3, -0.25) is 9.48 Å². The van der Waals surface area contributed by atoms with Crippen molar-refractivity contribution < 1.29 is 4.79 Å². The maximum absolute atomic E-state index is 12.5. The summed E-state index contributed by atoms with van der Waals surface area (Å²) in [6.07, 6.45) is 3.66. The number of hydrogen-bond acceptors (Lipinski definition) is 2. The fourth-order valence-electron chi connectivity index (χ4n) is 2.45. The summed E-state index contributed by atoms with van der Waals surface area (Å²) in [5.41, 5.74) is 1.66. The smallest absolute Gasteiger partial charge is 0.257 e. The lowest BCUT2D eigenvalue weighted by Gasteiger charge is -2.34. The lowest BCUT2D eigenvalue weighted by Crippen LogP contribution is -2.43. The van der Waals surface area contributed by atoms with E-state index in [-0.39, 0.29) is 5.91 Å². The van der Waals surface area contributed by atoms with Crippen LogP contribution in [0.4, 0.5) is 0 Å². The van der Waals surface area contributed by atoms with Gasteiger partial charge in [0.1, 0.15) is 0 Å². The Hall–Kier alpha value is -0.840. The van der Waals surface area contributed by atoms with E-state index < -0.39 is 0 Å². The van der Waals surface area contributed by atoms with E-state index in [9.17, 15) is 4.79 Å². The third-order valence-corrected chi connectivity index (χ3v) is 4.92. The van der Waals surface area contributed by atoms with Gasteiger partial charge in [-0.1, -0.05) is 29.8 Å². The largest absolute Gasteiger partial charge is 0.338 e. The molecule has 2 atom stereocenters. The number of carbonyl (C=O) groups is 1. The van der Waals surface area contributed by atoms with E-state index in [0.717, 1.165) is 37.2 Å². The fourth-order valence-corrected chi connectivity index (χ4v) is 2.82. The SMILES string of the molecule is CCc1nn(C)cc1C(=O)N1CCC(Br)C(C)C1. The Morgan fingerprint density at radius 3 is 2.94 bits per heavy atom. The average molecular weight is 314 g/mol. The molecule has 0 bridgehead atoms. The number of nitrogens with zero attached hydrogens (tertiary/aromatic N) is 3. The summed E-state index contributed by atoms with van der Waals surface area (Å²) in [6.45, 7) is 5.87. The number of piperidine rings is 1. The van der Waals surface area contributed by atoms with Gasteiger partial charge in [0, 0.05) is 31.2 Å². The summed E-state index contributed by atoms with van der Waals surface area (Å²) < 4.78 is 1.73. The normalized spacial score (nSPS) is 24.3. The van der Waals surface area contributed by atoms with Gasteiger partial charge in [-0.15, -0.1) is 0 Å². The van der Waals surface area contributed by atoms with E-state index >= 15 is 0 Å². The summed E-state index contributed by atoms with van der Waals surface area (Å²) in [4.78, 5) is 15.0. The molecule has 1 aliphatic rings. The van der Waals surface area contributed by atoms with Crippen LogP contribution in [0.1, 0.15) is 36.3 Å². The Kier molecular flexibility index (Phi) is 4.10. The first-order valence-electron chi connectivity index (χ1n) is 6.48. The van der Waals surface area contributed by atoms with Crippen LogP contribution in [0.25, 0.3) is 0 Å². The molecule has 0 aliphatic carbocycles. The molecule has 0 N–H and O–H groups in total. The van der Waals surface area contributed by atoms with Crippen LogP contribution >= 0.6 is 15.9 Å². The highest BCUT2D eigenvalue weighted by Gasteiger charge is 2.29. The maximum Gasteiger partial charge on any atom is 0.257 e. The maximum atomic E-state index is 12.5. The van der Waals surface area contributed by atoms with Gasteiger partial charge in [-0.05, 0) is 18.8 Å². The third-order valence-electron chi connectivity index (χ3n) is 3.56. The highest BCUT2D eigenvalue weighted by atomic mass is 79.9. The van der Waals surface area contributed by atoms with Crippen LogP contribution in [-0.2, 0) is 13.5 Å². The zero-order chi connectivity index (χ0) is 13.3. The quantitative estimate of drug-likeness (QED) is 0.785. The van der Waals surface area contributed by atoms with Crippen molar-refractivity contribution in [1.82, 2.24) is 14.7 Å². The van der Waals surface area contributed by atoms with Gasteiger partial charge in [0.2, 0.25) is 0 Å². The molecule has 100 valence electrons. The number of amides is 1. The monoisotopic (exact) mass is 313 g/mol. The van der Waals surface area contributed by atoms with Crippen LogP contribution in [0.2, 0.25) is 0 Å². The second kappa shape index (κ2) is 5.43. The number of aromatic nitrogens is 2. The average Bonchev–Trinajstić information content (AvgIpc) is 2.73. The van der Waals surface area contributed by atoms with Crippen molar-refractivity contribution >= 4 is 21.8 Å². The van der Waals surface area contributed by atoms with E-state index in [4.69, 9.17) is 0 Å². The van der Waals surface area contributed by atoms with Gasteiger partial charge in [-0.25, -0.2) is 0 Å². The molecule has 1 fully saturated rings. The molecule has 0 aromatic carbocycles. The highest BCUT2D eigenvalue weighted by Crippen LogP contribution is 2.25. The zero-order valence-corrected chi connectivity index (χ0v) is 12.8. The number of halogens is 1. The van der Waals surface area contributed by atoms with Crippen molar-refractivity contribution in [2.24, 2.45) is 13.0 Å². The molecule has 0 saturated carbocycles. The zero-order valence-electron chi connectivity index (χ0n) is 11.2. The molecule has 1 aliphatic heterocycles. The lowest BCUT2D eigenvalue weighted by molar-refractivity contribution is 0.0689. The standard InChI is InChI=1S/C13H20BrN3O/c1-4-12-10(8-16(3)15-12)13(18)17-6-5-11(14)9(2)7-17/h8-9,11H,4-7H2,1-3H3. The van der Waals surface area contributed by atoms with Gasteiger partial charge in [0.25, 0.3) is 5.91 Å². The van der Waals surface area contributed by atoms with Crippen molar-refractivity contribution in [3.8, 4) is 0 Å². The van der Waals surface area contributed by atoms with E-state index in [0.29, 0.717) is 10.7 Å². The molecule has 2 rings (SSSR count). The first-order valence-corrected chi connectivity index (χ1v) is 7.40. The molecule has 2 heterocycles. The Labute approximate surface area is 116 Å². The predicted octanol–water partition coefficient (Wildman–Crippen LogP) is 2.23. The molecule has 0 spiro atoms. The first-order chi connectivity index (χ1) is 8.52. The molecule has 2 unspecified atom stereocenters. The van der Waals surface area contributed by atoms with Gasteiger partial charge in [0.05, 0.1) is 11.3 Å². The summed E-state index contributed by atoms with van der Waals surface area (Å²) in [6, 6.07) is 0. The Balaban J connectivity index is 2.16. The number of carbonyl (C=O) groups excluding carboxylic acids is 1. The fraction of sp³-hybridized carbons (Fsp3) is 0.692.